The number of nitrogens with zero attached hydrogens (tertiary/aromatic N) is 3. The van der Waals surface area contributed by atoms with Crippen LogP contribution in [0.3, 0.4) is 0 Å². The average Bonchev–Trinajstić information content (AvgIpc) is 2.84. The van der Waals surface area contributed by atoms with Crippen LogP contribution in [0.15, 0.2) is 35.1 Å². The second-order valence-electron chi connectivity index (χ2n) is 4.55. The highest BCUT2D eigenvalue weighted by Crippen LogP contribution is 2.26. The van der Waals surface area contributed by atoms with Gasteiger partial charge in [-0.1, -0.05) is 29.8 Å². The minimum atomic E-state index is -4.66. The van der Waals surface area contributed by atoms with Crippen molar-refractivity contribution in [1.29, 1.82) is 0 Å². The zero-order valence-electron chi connectivity index (χ0n) is 10.8. The molecule has 1 aromatic carbocycles. The van der Waals surface area contributed by atoms with Gasteiger partial charge in [0, 0.05) is 11.6 Å². The molecule has 0 atom stereocenters. The van der Waals surface area contributed by atoms with Gasteiger partial charge in [-0.15, -0.1) is 0 Å². The van der Waals surface area contributed by atoms with Crippen molar-refractivity contribution in [3.05, 3.63) is 52.1 Å². The molecular formula is C13H9F3N4O. The summed E-state index contributed by atoms with van der Waals surface area (Å²) in [6.07, 6.45) is -4.66. The quantitative estimate of drug-likeness (QED) is 0.749. The molecule has 0 saturated carbocycles. The van der Waals surface area contributed by atoms with Gasteiger partial charge < -0.3 is 0 Å². The highest BCUT2D eigenvalue weighted by Gasteiger charge is 2.35. The van der Waals surface area contributed by atoms with E-state index in [0.29, 0.717) is 10.1 Å². The standard InChI is InChI=1S/C13H9F3N4O/c1-7-2-4-8(5-3-7)9-6-10(21)20-12(17-9)18-11(19-20)13(14,15)16/h2-6H,1H3,(H,17,18,19). The first-order chi connectivity index (χ1) is 9.84. The van der Waals surface area contributed by atoms with E-state index in [0.717, 1.165) is 11.6 Å². The van der Waals surface area contributed by atoms with Gasteiger partial charge in [0.25, 0.3) is 11.3 Å². The predicted octanol–water partition coefficient (Wildman–Crippen LogP) is 2.41. The lowest BCUT2D eigenvalue weighted by molar-refractivity contribution is -0.144. The maximum absolute atomic E-state index is 12.6. The molecule has 0 fully saturated rings. The number of fused-ring (bicyclic) bond motifs is 1. The molecule has 0 saturated heterocycles. The van der Waals surface area contributed by atoms with Gasteiger partial charge in [-0.2, -0.15) is 22.7 Å². The van der Waals surface area contributed by atoms with Crippen LogP contribution >= 0.6 is 0 Å². The molecule has 0 aliphatic carbocycles. The molecule has 0 aliphatic rings. The number of benzene rings is 1. The van der Waals surface area contributed by atoms with Crippen molar-refractivity contribution in [3.63, 3.8) is 0 Å². The largest absolute Gasteiger partial charge is 0.451 e. The first-order valence-electron chi connectivity index (χ1n) is 5.99. The molecular weight excluding hydrogens is 285 g/mol. The van der Waals surface area contributed by atoms with E-state index >= 15 is 0 Å². The fourth-order valence-electron chi connectivity index (χ4n) is 1.88. The fraction of sp³-hybridized carbons (Fsp3) is 0.154. The number of hydrogen-bond donors (Lipinski definition) is 1. The molecule has 2 aromatic heterocycles. The first kappa shape index (κ1) is 13.3. The van der Waals surface area contributed by atoms with Crippen LogP contribution in [0.1, 0.15) is 11.4 Å². The van der Waals surface area contributed by atoms with Crippen LogP contribution in [0.2, 0.25) is 0 Å². The number of alkyl halides is 3. The van der Waals surface area contributed by atoms with Crippen molar-refractivity contribution >= 4 is 5.78 Å². The van der Waals surface area contributed by atoms with E-state index in [1.807, 2.05) is 24.2 Å². The molecule has 108 valence electrons. The summed E-state index contributed by atoms with van der Waals surface area (Å²) in [6, 6.07) is 8.29. The van der Waals surface area contributed by atoms with Crippen LogP contribution in [-0.2, 0) is 6.18 Å². The van der Waals surface area contributed by atoms with Gasteiger partial charge in [0.2, 0.25) is 5.82 Å². The van der Waals surface area contributed by atoms with Gasteiger partial charge in [0.15, 0.2) is 0 Å². The summed E-state index contributed by atoms with van der Waals surface area (Å²) in [7, 11) is 0. The number of halogens is 3. The summed E-state index contributed by atoms with van der Waals surface area (Å²) in [5.74, 6) is -1.57. The lowest BCUT2D eigenvalue weighted by Gasteiger charge is -2.01. The van der Waals surface area contributed by atoms with Crippen molar-refractivity contribution in [2.24, 2.45) is 0 Å². The number of hydrogen-bond acceptors (Lipinski definition) is 3. The fourth-order valence-corrected chi connectivity index (χ4v) is 1.88. The van der Waals surface area contributed by atoms with E-state index in [1.165, 1.54) is 0 Å². The summed E-state index contributed by atoms with van der Waals surface area (Å²) in [5, 5.41) is 1.90. The van der Waals surface area contributed by atoms with E-state index < -0.39 is 17.6 Å². The van der Waals surface area contributed by atoms with E-state index in [-0.39, 0.29) is 11.5 Å². The minimum Gasteiger partial charge on any atom is -0.267 e. The average molecular weight is 294 g/mol. The minimum absolute atomic E-state index is 0.278. The van der Waals surface area contributed by atoms with Crippen molar-refractivity contribution in [3.8, 4) is 11.3 Å². The molecule has 0 unspecified atom stereocenters. The van der Waals surface area contributed by atoms with Gasteiger partial charge in [0.05, 0.1) is 5.69 Å². The molecule has 0 radical (unpaired) electrons. The third-order valence-corrected chi connectivity index (χ3v) is 2.95. The number of nitrogens with one attached hydrogen (secondary N) is 1. The topological polar surface area (TPSA) is 63.0 Å². The molecule has 0 aliphatic heterocycles. The second kappa shape index (κ2) is 4.44. The highest BCUT2D eigenvalue weighted by molar-refractivity contribution is 5.60. The zero-order valence-corrected chi connectivity index (χ0v) is 10.8. The molecule has 3 aromatic rings. The Morgan fingerprint density at radius 2 is 1.81 bits per heavy atom. The molecule has 0 spiro atoms. The Balaban J connectivity index is 2.19. The van der Waals surface area contributed by atoms with Crippen LogP contribution in [0.25, 0.3) is 17.0 Å². The van der Waals surface area contributed by atoms with Gasteiger partial charge in [-0.3, -0.25) is 9.89 Å². The Morgan fingerprint density at radius 1 is 1.14 bits per heavy atom. The molecule has 3 rings (SSSR count). The maximum Gasteiger partial charge on any atom is 0.451 e. The summed E-state index contributed by atoms with van der Waals surface area (Å²) in [5.41, 5.74) is 1.28. The van der Waals surface area contributed by atoms with Crippen LogP contribution < -0.4 is 5.56 Å². The number of aromatic amines is 1. The smallest absolute Gasteiger partial charge is 0.267 e. The Labute approximate surface area is 116 Å². The predicted molar refractivity (Wildman–Crippen MR) is 68.8 cm³/mol. The first-order valence-corrected chi connectivity index (χ1v) is 5.99. The third-order valence-electron chi connectivity index (χ3n) is 2.95. The van der Waals surface area contributed by atoms with Gasteiger partial charge in [-0.05, 0) is 6.92 Å². The van der Waals surface area contributed by atoms with Crippen molar-refractivity contribution in [2.75, 3.05) is 0 Å². The molecule has 0 amide bonds. The van der Waals surface area contributed by atoms with Gasteiger partial charge in [-0.25, -0.2) is 4.98 Å². The Morgan fingerprint density at radius 3 is 2.43 bits per heavy atom. The normalized spacial score (nSPS) is 12.0. The molecule has 8 heteroatoms. The molecule has 1 N–H and O–H groups in total. The van der Waals surface area contributed by atoms with Crippen molar-refractivity contribution in [1.82, 2.24) is 19.6 Å². The third kappa shape index (κ3) is 2.39. The van der Waals surface area contributed by atoms with Crippen molar-refractivity contribution in [2.45, 2.75) is 13.1 Å². The van der Waals surface area contributed by atoms with Crippen LogP contribution in [0, 0.1) is 6.92 Å². The number of aryl methyl sites for hydroxylation is 1. The van der Waals surface area contributed by atoms with Crippen LogP contribution in [0.5, 0.6) is 0 Å². The molecule has 5 nitrogen and oxygen atoms in total. The highest BCUT2D eigenvalue weighted by atomic mass is 19.4. The van der Waals surface area contributed by atoms with Gasteiger partial charge in [0.1, 0.15) is 0 Å². The Bertz CT molecular complexity index is 862. The van der Waals surface area contributed by atoms with E-state index in [4.69, 9.17) is 0 Å². The monoisotopic (exact) mass is 294 g/mol. The lowest BCUT2D eigenvalue weighted by atomic mass is 10.1. The SMILES string of the molecule is Cc1ccc(-c2cc(=O)n3[nH]c(C(F)(F)F)nc3n2)cc1. The Kier molecular flexibility index (Phi) is 2.82. The van der Waals surface area contributed by atoms with Crippen LogP contribution in [0.4, 0.5) is 13.2 Å². The second-order valence-corrected chi connectivity index (χ2v) is 4.55. The van der Waals surface area contributed by atoms with Gasteiger partial charge >= 0.3 is 6.18 Å². The molecule has 2 heterocycles. The summed E-state index contributed by atoms with van der Waals surface area (Å²) in [6.45, 7) is 1.90. The lowest BCUT2D eigenvalue weighted by Crippen LogP contribution is -2.15. The maximum atomic E-state index is 12.6. The van der Waals surface area contributed by atoms with E-state index in [9.17, 15) is 18.0 Å². The Hall–Kier alpha value is -2.64. The molecule has 21 heavy (non-hydrogen) atoms. The van der Waals surface area contributed by atoms with Crippen molar-refractivity contribution < 1.29 is 13.2 Å². The number of aromatic nitrogens is 4. The van der Waals surface area contributed by atoms with E-state index in [2.05, 4.69) is 9.97 Å². The zero-order chi connectivity index (χ0) is 15.2. The molecule has 0 bridgehead atoms. The summed E-state index contributed by atoms with van der Waals surface area (Å²) >= 11 is 0. The summed E-state index contributed by atoms with van der Waals surface area (Å²) in [4.78, 5) is 19.2. The summed E-state index contributed by atoms with van der Waals surface area (Å²) < 4.78 is 38.4. The number of rotatable bonds is 1. The number of H-pyrrole nitrogens is 1. The van der Waals surface area contributed by atoms with Crippen LogP contribution in [-0.4, -0.2) is 19.6 Å². The van der Waals surface area contributed by atoms with E-state index in [1.54, 1.807) is 12.1 Å².